The Morgan fingerprint density at radius 1 is 0.843 bits per heavy atom. The number of hydrogen-bond donors (Lipinski definition) is 3. The van der Waals surface area contributed by atoms with Crippen LogP contribution in [0.25, 0.3) is 0 Å². The molecule has 3 N–H and O–H groups in total. The Kier molecular flexibility index (Phi) is 12.4. The number of piperidine rings is 1. The molecule has 0 saturated carbocycles. The third kappa shape index (κ3) is 10.9. The van der Waals surface area contributed by atoms with E-state index in [1.165, 1.54) is 0 Å². The SMILES string of the molecule is CC(C)(C)OC(=O)N[C@H]1CC[C@H]2CC[C@@H](C(=O)N[C@@H](Cc3cccnc3)C(=O)N[C@H](CC(=O)OCc3ccccc3)Cc3ccccc3)N2C1=O. The van der Waals surface area contributed by atoms with E-state index in [2.05, 4.69) is 20.9 Å². The molecule has 12 heteroatoms. The molecule has 3 aromatic rings. The number of pyridine rings is 1. The van der Waals surface area contributed by atoms with E-state index in [4.69, 9.17) is 9.47 Å². The average Bonchev–Trinajstić information content (AvgIpc) is 3.54. The quantitative estimate of drug-likeness (QED) is 0.226. The summed E-state index contributed by atoms with van der Waals surface area (Å²) in [7, 11) is 0. The van der Waals surface area contributed by atoms with Gasteiger partial charge in [-0.1, -0.05) is 66.7 Å². The van der Waals surface area contributed by atoms with Crippen molar-refractivity contribution in [3.8, 4) is 0 Å². The molecule has 0 aliphatic carbocycles. The number of ether oxygens (including phenoxy) is 2. The van der Waals surface area contributed by atoms with Crippen LogP contribution < -0.4 is 16.0 Å². The van der Waals surface area contributed by atoms with Crippen molar-refractivity contribution in [1.82, 2.24) is 25.8 Å². The Morgan fingerprint density at radius 3 is 2.18 bits per heavy atom. The van der Waals surface area contributed by atoms with Crippen molar-refractivity contribution < 1.29 is 33.4 Å². The second kappa shape index (κ2) is 17.1. The molecule has 2 aromatic carbocycles. The van der Waals surface area contributed by atoms with Crippen LogP contribution >= 0.6 is 0 Å². The van der Waals surface area contributed by atoms with Crippen molar-refractivity contribution in [3.05, 3.63) is 102 Å². The summed E-state index contributed by atoms with van der Waals surface area (Å²) >= 11 is 0. The normalized spacial score (nSPS) is 19.6. The molecule has 5 rings (SSSR count). The second-order valence-corrected chi connectivity index (χ2v) is 14.1. The van der Waals surface area contributed by atoms with Crippen LogP contribution in [-0.2, 0) is 48.1 Å². The Labute approximate surface area is 298 Å². The molecule has 0 radical (unpaired) electrons. The number of esters is 1. The zero-order valence-corrected chi connectivity index (χ0v) is 29.4. The van der Waals surface area contributed by atoms with E-state index >= 15 is 0 Å². The number of carbonyl (C=O) groups is 5. The van der Waals surface area contributed by atoms with Gasteiger partial charge in [-0.2, -0.15) is 0 Å². The van der Waals surface area contributed by atoms with Gasteiger partial charge in [0.15, 0.2) is 0 Å². The highest BCUT2D eigenvalue weighted by atomic mass is 16.6. The lowest BCUT2D eigenvalue weighted by atomic mass is 9.98. The van der Waals surface area contributed by atoms with Crippen LogP contribution in [0.4, 0.5) is 4.79 Å². The van der Waals surface area contributed by atoms with Gasteiger partial charge in [0, 0.05) is 30.9 Å². The third-order valence-corrected chi connectivity index (χ3v) is 8.96. The lowest BCUT2D eigenvalue weighted by Crippen LogP contribution is -2.60. The number of nitrogens with one attached hydrogen (secondary N) is 3. The zero-order chi connectivity index (χ0) is 36.4. The molecule has 2 aliphatic rings. The number of fused-ring (bicyclic) bond motifs is 1. The molecule has 4 amide bonds. The number of aromatic nitrogens is 1. The van der Waals surface area contributed by atoms with Gasteiger partial charge < -0.3 is 30.3 Å². The number of amides is 4. The van der Waals surface area contributed by atoms with Gasteiger partial charge in [0.1, 0.15) is 30.3 Å². The smallest absolute Gasteiger partial charge is 0.408 e. The number of nitrogens with zero attached hydrogens (tertiary/aromatic N) is 2. The van der Waals surface area contributed by atoms with Crippen LogP contribution in [0.2, 0.25) is 0 Å². The molecule has 5 atom stereocenters. The molecule has 2 saturated heterocycles. The second-order valence-electron chi connectivity index (χ2n) is 14.1. The van der Waals surface area contributed by atoms with E-state index in [0.717, 1.165) is 16.7 Å². The van der Waals surface area contributed by atoms with Gasteiger partial charge >= 0.3 is 12.1 Å². The van der Waals surface area contributed by atoms with Crippen LogP contribution in [0.5, 0.6) is 0 Å². The molecule has 2 aliphatic heterocycles. The summed E-state index contributed by atoms with van der Waals surface area (Å²) in [6.45, 7) is 5.33. The maximum atomic E-state index is 14.1. The van der Waals surface area contributed by atoms with Crippen LogP contribution in [0, 0.1) is 0 Å². The lowest BCUT2D eigenvalue weighted by Gasteiger charge is -2.38. The van der Waals surface area contributed by atoms with E-state index in [9.17, 15) is 24.0 Å². The zero-order valence-electron chi connectivity index (χ0n) is 29.4. The molecule has 270 valence electrons. The molecule has 0 bridgehead atoms. The maximum absolute atomic E-state index is 14.1. The average molecular weight is 698 g/mol. The largest absolute Gasteiger partial charge is 0.461 e. The highest BCUT2D eigenvalue weighted by molar-refractivity contribution is 5.95. The highest BCUT2D eigenvalue weighted by Crippen LogP contribution is 2.33. The Hall–Kier alpha value is -5.26. The minimum absolute atomic E-state index is 0.0837. The van der Waals surface area contributed by atoms with Gasteiger partial charge in [0.2, 0.25) is 17.7 Å². The standard InChI is InChI=1S/C39H47N5O7/c1-39(2,3)51-38(49)43-31-18-16-30-17-19-33(44(30)37(31)48)36(47)42-32(22-28-15-10-20-40-24-28)35(46)41-29(21-26-11-6-4-7-12-26)23-34(45)50-25-27-13-8-5-9-14-27/h4-15,20,24,29-33H,16-19,21-23,25H2,1-3H3,(H,41,46)(H,42,47)(H,43,49)/t29-,30-,31-,32-,33-/m0/s1. The number of benzene rings is 2. The Balaban J connectivity index is 1.29. The molecule has 51 heavy (non-hydrogen) atoms. The van der Waals surface area contributed by atoms with Gasteiger partial charge in [-0.25, -0.2) is 4.79 Å². The number of alkyl carbamates (subject to hydrolysis) is 1. The number of carbonyl (C=O) groups excluding carboxylic acids is 5. The maximum Gasteiger partial charge on any atom is 0.408 e. The molecule has 0 unspecified atom stereocenters. The Morgan fingerprint density at radius 2 is 1.51 bits per heavy atom. The molecule has 12 nitrogen and oxygen atoms in total. The molecule has 0 spiro atoms. The summed E-state index contributed by atoms with van der Waals surface area (Å²) in [5.74, 6) is -1.76. The van der Waals surface area contributed by atoms with Crippen molar-refractivity contribution in [1.29, 1.82) is 0 Å². The summed E-state index contributed by atoms with van der Waals surface area (Å²) in [5.41, 5.74) is 1.76. The van der Waals surface area contributed by atoms with Crippen LogP contribution in [0.3, 0.4) is 0 Å². The first-order valence-electron chi connectivity index (χ1n) is 17.5. The van der Waals surface area contributed by atoms with Gasteiger partial charge in [0.05, 0.1) is 6.42 Å². The third-order valence-electron chi connectivity index (χ3n) is 8.96. The number of rotatable bonds is 13. The first-order valence-corrected chi connectivity index (χ1v) is 17.5. The summed E-state index contributed by atoms with van der Waals surface area (Å²) in [4.78, 5) is 72.9. The van der Waals surface area contributed by atoms with E-state index in [-0.39, 0.29) is 31.4 Å². The fourth-order valence-corrected chi connectivity index (χ4v) is 6.61. The predicted octanol–water partition coefficient (Wildman–Crippen LogP) is 4.02. The van der Waals surface area contributed by atoms with Crippen LogP contribution in [-0.4, -0.2) is 75.5 Å². The van der Waals surface area contributed by atoms with Crippen molar-refractivity contribution in [2.75, 3.05) is 0 Å². The molecule has 2 fully saturated rings. The van der Waals surface area contributed by atoms with Gasteiger partial charge in [-0.3, -0.25) is 24.2 Å². The van der Waals surface area contributed by atoms with E-state index in [1.807, 2.05) is 66.7 Å². The van der Waals surface area contributed by atoms with Crippen molar-refractivity contribution in [2.45, 2.75) is 108 Å². The minimum atomic E-state index is -1.03. The molecular weight excluding hydrogens is 650 g/mol. The number of hydrogen-bond acceptors (Lipinski definition) is 8. The van der Waals surface area contributed by atoms with Gasteiger partial charge in [-0.15, -0.1) is 0 Å². The lowest BCUT2D eigenvalue weighted by molar-refractivity contribution is -0.145. The van der Waals surface area contributed by atoms with Crippen LogP contribution in [0.15, 0.2) is 85.2 Å². The fraction of sp³-hybridized carbons (Fsp3) is 0.436. The summed E-state index contributed by atoms with van der Waals surface area (Å²) in [6, 6.07) is 19.0. The van der Waals surface area contributed by atoms with Gasteiger partial charge in [-0.05, 0) is 75.6 Å². The van der Waals surface area contributed by atoms with Gasteiger partial charge in [0.25, 0.3) is 0 Å². The first kappa shape index (κ1) is 37.0. The monoisotopic (exact) mass is 697 g/mol. The molecule has 3 heterocycles. The Bertz CT molecular complexity index is 1650. The molecule has 1 aromatic heterocycles. The summed E-state index contributed by atoms with van der Waals surface area (Å²) in [5, 5.41) is 8.59. The van der Waals surface area contributed by atoms with Crippen molar-refractivity contribution in [3.63, 3.8) is 0 Å². The van der Waals surface area contributed by atoms with Crippen molar-refractivity contribution in [2.24, 2.45) is 0 Å². The highest BCUT2D eigenvalue weighted by Gasteiger charge is 2.47. The van der Waals surface area contributed by atoms with Crippen molar-refractivity contribution >= 4 is 29.8 Å². The fourth-order valence-electron chi connectivity index (χ4n) is 6.61. The van der Waals surface area contributed by atoms with E-state index < -0.39 is 53.6 Å². The van der Waals surface area contributed by atoms with E-state index in [0.29, 0.717) is 32.1 Å². The first-order chi connectivity index (χ1) is 24.4. The predicted molar refractivity (Wildman–Crippen MR) is 189 cm³/mol. The van der Waals surface area contributed by atoms with Crippen LogP contribution in [0.1, 0.15) is 69.6 Å². The van der Waals surface area contributed by atoms with E-state index in [1.54, 1.807) is 44.1 Å². The molecular formula is C39H47N5O7. The summed E-state index contributed by atoms with van der Waals surface area (Å²) in [6.07, 6.45) is 5.08. The topological polar surface area (TPSA) is 156 Å². The minimum Gasteiger partial charge on any atom is -0.461 e. The summed E-state index contributed by atoms with van der Waals surface area (Å²) < 4.78 is 10.9.